The van der Waals surface area contributed by atoms with Gasteiger partial charge >= 0.3 is 17.9 Å². The van der Waals surface area contributed by atoms with Gasteiger partial charge in [-0.25, -0.2) is 14.4 Å². The molecule has 0 aromatic rings. The van der Waals surface area contributed by atoms with E-state index in [1.807, 2.05) is 20.8 Å². The number of ether oxygens (including phenoxy) is 6. The van der Waals surface area contributed by atoms with E-state index in [2.05, 4.69) is 16.0 Å². The number of rotatable bonds is 33. The molecule has 330 valence electrons. The second kappa shape index (κ2) is 32.5. The number of aliphatic hydroxyl groups excluding tert-OH is 3. The zero-order valence-corrected chi connectivity index (χ0v) is 34.2. The Bertz CT molecular complexity index is 1020. The molecule has 18 heteroatoms. The Morgan fingerprint density at radius 2 is 0.719 bits per heavy atom. The predicted octanol–water partition coefficient (Wildman–Crippen LogP) is 0.700. The zero-order chi connectivity index (χ0) is 42.3. The maximum atomic E-state index is 13.9. The Morgan fingerprint density at radius 3 is 0.947 bits per heavy atom. The number of aliphatic hydroxyl groups is 3. The van der Waals surface area contributed by atoms with Crippen LogP contribution in [0.5, 0.6) is 0 Å². The first-order valence-corrected chi connectivity index (χ1v) is 20.5. The molecule has 0 saturated heterocycles. The van der Waals surface area contributed by atoms with Gasteiger partial charge in [-0.3, -0.25) is 14.4 Å². The fourth-order valence-electron chi connectivity index (χ4n) is 6.21. The minimum atomic E-state index is -0.999. The first kappa shape index (κ1) is 51.6. The molecule has 6 atom stereocenters. The third-order valence-electron chi connectivity index (χ3n) is 9.28. The zero-order valence-electron chi connectivity index (χ0n) is 34.2. The van der Waals surface area contributed by atoms with E-state index in [1.165, 1.54) is 0 Å². The SMILES string of the molecule is CCCCC(NC(=O)C1C[C@@H](C(=O)N[C@@H](CCCC)C(=O)OCCOCCO)C[C@@H](C(=O)N[C@@H](CCCC)C(=O)OCCOCCO)C1)C(=O)OCCOCCO. The molecule has 3 amide bonds. The van der Waals surface area contributed by atoms with Crippen molar-refractivity contribution < 1.29 is 72.5 Å². The van der Waals surface area contributed by atoms with Crippen molar-refractivity contribution in [1.82, 2.24) is 16.0 Å². The topological polar surface area (TPSA) is 255 Å². The summed E-state index contributed by atoms with van der Waals surface area (Å²) in [5.41, 5.74) is 0. The number of carbonyl (C=O) groups excluding carboxylic acids is 6. The van der Waals surface area contributed by atoms with E-state index >= 15 is 0 Å². The van der Waals surface area contributed by atoms with Crippen LogP contribution in [0, 0.1) is 17.8 Å². The van der Waals surface area contributed by atoms with Crippen molar-refractivity contribution in [1.29, 1.82) is 0 Å². The highest BCUT2D eigenvalue weighted by atomic mass is 16.6. The van der Waals surface area contributed by atoms with Crippen LogP contribution in [0.3, 0.4) is 0 Å². The molecule has 18 nitrogen and oxygen atoms in total. The van der Waals surface area contributed by atoms with E-state index in [9.17, 15) is 28.8 Å². The summed E-state index contributed by atoms with van der Waals surface area (Å²) in [6, 6.07) is -3.00. The number of unbranched alkanes of at least 4 members (excludes halogenated alkanes) is 3. The van der Waals surface area contributed by atoms with Crippen LogP contribution in [0.1, 0.15) is 97.8 Å². The number of carbonyl (C=O) groups is 6. The van der Waals surface area contributed by atoms with Crippen LogP contribution in [-0.2, 0) is 57.2 Å². The molecule has 0 spiro atoms. The summed E-state index contributed by atoms with van der Waals surface area (Å²) in [6.45, 7) is 5.44. The molecule has 0 aliphatic heterocycles. The van der Waals surface area contributed by atoms with Crippen molar-refractivity contribution in [3.05, 3.63) is 0 Å². The lowest BCUT2D eigenvalue weighted by Gasteiger charge is -2.34. The Balaban J connectivity index is 3.29. The maximum absolute atomic E-state index is 13.9. The molecular formula is C39H69N3O15. The van der Waals surface area contributed by atoms with E-state index in [4.69, 9.17) is 43.7 Å². The van der Waals surface area contributed by atoms with Gasteiger partial charge in [-0.1, -0.05) is 59.3 Å². The van der Waals surface area contributed by atoms with Gasteiger partial charge in [0, 0.05) is 17.8 Å². The lowest BCUT2D eigenvalue weighted by atomic mass is 9.73. The van der Waals surface area contributed by atoms with Crippen LogP contribution >= 0.6 is 0 Å². The number of nitrogens with one attached hydrogen (secondary N) is 3. The van der Waals surface area contributed by atoms with Crippen molar-refractivity contribution in [3.8, 4) is 0 Å². The van der Waals surface area contributed by atoms with Crippen molar-refractivity contribution in [2.45, 2.75) is 116 Å². The summed E-state index contributed by atoms with van der Waals surface area (Å²) in [5.74, 6) is -6.33. The van der Waals surface area contributed by atoms with Crippen LogP contribution in [-0.4, -0.2) is 148 Å². The molecular weight excluding hydrogens is 750 g/mol. The summed E-state index contributed by atoms with van der Waals surface area (Å²) < 4.78 is 31.5. The summed E-state index contributed by atoms with van der Waals surface area (Å²) in [6.07, 6.45) is 4.95. The van der Waals surface area contributed by atoms with Gasteiger partial charge in [-0.05, 0) is 38.5 Å². The monoisotopic (exact) mass is 819 g/mol. The maximum Gasteiger partial charge on any atom is 0.328 e. The lowest BCUT2D eigenvalue weighted by molar-refractivity contribution is -0.151. The molecule has 1 saturated carbocycles. The van der Waals surface area contributed by atoms with E-state index < -0.39 is 71.5 Å². The predicted molar refractivity (Wildman–Crippen MR) is 205 cm³/mol. The second-order valence-corrected chi connectivity index (χ2v) is 13.9. The molecule has 1 aliphatic carbocycles. The fourth-order valence-corrected chi connectivity index (χ4v) is 6.21. The van der Waals surface area contributed by atoms with E-state index in [0.29, 0.717) is 19.3 Å². The Hall–Kier alpha value is -3.42. The minimum absolute atomic E-state index is 0.0195. The number of amides is 3. The molecule has 1 rings (SSSR count). The Kier molecular flexibility index (Phi) is 29.4. The largest absolute Gasteiger partial charge is 0.462 e. The summed E-state index contributed by atoms with van der Waals surface area (Å²) in [5, 5.41) is 35.1. The molecule has 2 unspecified atom stereocenters. The molecule has 6 N–H and O–H groups in total. The van der Waals surface area contributed by atoms with E-state index in [1.54, 1.807) is 0 Å². The molecule has 57 heavy (non-hydrogen) atoms. The average Bonchev–Trinajstić information content (AvgIpc) is 3.21. The normalized spacial score (nSPS) is 18.1. The van der Waals surface area contributed by atoms with Crippen molar-refractivity contribution in [2.75, 3.05) is 79.3 Å². The van der Waals surface area contributed by atoms with E-state index in [-0.39, 0.29) is 118 Å². The van der Waals surface area contributed by atoms with Crippen LogP contribution in [0.2, 0.25) is 0 Å². The Morgan fingerprint density at radius 1 is 0.456 bits per heavy atom. The quantitative estimate of drug-likeness (QED) is 0.0303. The Labute approximate surface area is 336 Å². The van der Waals surface area contributed by atoms with Gasteiger partial charge in [0.25, 0.3) is 0 Å². The highest BCUT2D eigenvalue weighted by molar-refractivity contribution is 5.91. The minimum Gasteiger partial charge on any atom is -0.462 e. The summed E-state index contributed by atoms with van der Waals surface area (Å²) in [4.78, 5) is 80.9. The molecule has 0 bridgehead atoms. The van der Waals surface area contributed by atoms with Gasteiger partial charge in [0.15, 0.2) is 0 Å². The van der Waals surface area contributed by atoms with Crippen LogP contribution in [0.15, 0.2) is 0 Å². The highest BCUT2D eigenvalue weighted by Gasteiger charge is 2.41. The number of hydrogen-bond acceptors (Lipinski definition) is 15. The molecule has 0 heterocycles. The fraction of sp³-hybridized carbons (Fsp3) is 0.846. The van der Waals surface area contributed by atoms with Crippen molar-refractivity contribution >= 4 is 35.6 Å². The highest BCUT2D eigenvalue weighted by Crippen LogP contribution is 2.35. The third-order valence-corrected chi connectivity index (χ3v) is 9.28. The molecule has 1 aliphatic rings. The van der Waals surface area contributed by atoms with E-state index in [0.717, 1.165) is 19.3 Å². The van der Waals surface area contributed by atoms with Gasteiger partial charge in [0.05, 0.1) is 59.5 Å². The van der Waals surface area contributed by atoms with Crippen LogP contribution in [0.4, 0.5) is 0 Å². The van der Waals surface area contributed by atoms with Gasteiger partial charge in [0.1, 0.15) is 37.9 Å². The number of hydrogen-bond donors (Lipinski definition) is 6. The van der Waals surface area contributed by atoms with Gasteiger partial charge in [-0.15, -0.1) is 0 Å². The summed E-state index contributed by atoms with van der Waals surface area (Å²) >= 11 is 0. The van der Waals surface area contributed by atoms with Crippen molar-refractivity contribution in [3.63, 3.8) is 0 Å². The van der Waals surface area contributed by atoms with Gasteiger partial charge in [0.2, 0.25) is 17.7 Å². The van der Waals surface area contributed by atoms with Crippen LogP contribution < -0.4 is 16.0 Å². The third kappa shape index (κ3) is 22.4. The molecule has 0 radical (unpaired) electrons. The van der Waals surface area contributed by atoms with Gasteiger partial charge < -0.3 is 59.7 Å². The number of esters is 3. The average molecular weight is 820 g/mol. The van der Waals surface area contributed by atoms with Crippen molar-refractivity contribution in [2.24, 2.45) is 17.8 Å². The lowest BCUT2D eigenvalue weighted by Crippen LogP contribution is -2.51. The first-order chi connectivity index (χ1) is 27.6. The van der Waals surface area contributed by atoms with Gasteiger partial charge in [-0.2, -0.15) is 0 Å². The standard InChI is InChI=1S/C39H69N3O15/c1-4-7-10-31(37(49)55-22-19-52-16-13-43)40-34(46)28-25-29(35(47)41-32(11-8-5-2)38(50)56-23-20-53-17-14-44)27-30(26-28)36(48)42-33(12-9-6-3)39(51)57-24-21-54-18-15-45/h28-33,43-45H,4-27H2,1-3H3,(H,40,46)(H,41,47)(H,42,48)/t28-,29+,30?,31-,32-,33?/m0/s1. The van der Waals surface area contributed by atoms with Crippen LogP contribution in [0.25, 0.3) is 0 Å². The first-order valence-electron chi connectivity index (χ1n) is 20.5. The second-order valence-electron chi connectivity index (χ2n) is 13.9. The molecule has 0 aromatic heterocycles. The molecule has 1 fully saturated rings. The summed E-state index contributed by atoms with van der Waals surface area (Å²) in [7, 11) is 0. The smallest absolute Gasteiger partial charge is 0.328 e. The molecule has 0 aromatic carbocycles.